The van der Waals surface area contributed by atoms with Gasteiger partial charge in [0.05, 0.1) is 5.56 Å². The van der Waals surface area contributed by atoms with E-state index in [1.807, 2.05) is 6.92 Å². The first-order valence-corrected chi connectivity index (χ1v) is 4.97. The second kappa shape index (κ2) is 5.90. The number of pyridine rings is 1. The fourth-order valence-corrected chi connectivity index (χ4v) is 1.13. The summed E-state index contributed by atoms with van der Waals surface area (Å²) in [5.74, 6) is -0.224. The molecule has 1 amide bonds. The zero-order chi connectivity index (χ0) is 11.1. The predicted molar refractivity (Wildman–Crippen MR) is 59.7 cm³/mol. The number of nitrogens with zero attached hydrogens (tertiary/aromatic N) is 2. The third-order valence-corrected chi connectivity index (χ3v) is 1.88. The van der Waals surface area contributed by atoms with Crippen LogP contribution in [0.4, 0.5) is 0 Å². The van der Waals surface area contributed by atoms with E-state index in [9.17, 15) is 4.79 Å². The maximum absolute atomic E-state index is 11.5. The van der Waals surface area contributed by atoms with Crippen molar-refractivity contribution < 1.29 is 4.79 Å². The van der Waals surface area contributed by atoms with Crippen LogP contribution in [0.1, 0.15) is 37.0 Å². The zero-order valence-corrected chi connectivity index (χ0v) is 9.03. The van der Waals surface area contributed by atoms with Crippen molar-refractivity contribution in [1.29, 1.82) is 0 Å². The van der Waals surface area contributed by atoms with Gasteiger partial charge in [-0.1, -0.05) is 13.3 Å². The van der Waals surface area contributed by atoms with Gasteiger partial charge in [-0.05, 0) is 25.5 Å². The van der Waals surface area contributed by atoms with E-state index in [2.05, 4.69) is 22.4 Å². The number of aromatic nitrogens is 1. The van der Waals surface area contributed by atoms with Crippen molar-refractivity contribution in [2.24, 2.45) is 5.10 Å². The van der Waals surface area contributed by atoms with Crippen LogP contribution in [-0.2, 0) is 0 Å². The number of carbonyl (C=O) groups is 1. The lowest BCUT2D eigenvalue weighted by molar-refractivity contribution is 0.0954. The average Bonchev–Trinajstić information content (AvgIpc) is 2.27. The lowest BCUT2D eigenvalue weighted by Crippen LogP contribution is -2.19. The number of hydrogen-bond donors (Lipinski definition) is 1. The van der Waals surface area contributed by atoms with Gasteiger partial charge >= 0.3 is 0 Å². The van der Waals surface area contributed by atoms with Crippen LogP contribution in [0.2, 0.25) is 0 Å². The first-order valence-electron chi connectivity index (χ1n) is 4.97. The minimum absolute atomic E-state index is 0.224. The first-order chi connectivity index (χ1) is 7.24. The molecule has 0 unspecified atom stereocenters. The fraction of sp³-hybridized carbons (Fsp3) is 0.364. The van der Waals surface area contributed by atoms with Crippen molar-refractivity contribution in [2.45, 2.75) is 26.7 Å². The third-order valence-electron chi connectivity index (χ3n) is 1.88. The summed E-state index contributed by atoms with van der Waals surface area (Å²) in [5, 5.41) is 3.98. The smallest absolute Gasteiger partial charge is 0.267 e. The minimum atomic E-state index is -0.224. The third kappa shape index (κ3) is 3.89. The molecule has 0 aliphatic carbocycles. The van der Waals surface area contributed by atoms with Crippen molar-refractivity contribution in [3.63, 3.8) is 0 Å². The Morgan fingerprint density at radius 1 is 1.60 bits per heavy atom. The summed E-state index contributed by atoms with van der Waals surface area (Å²) in [4.78, 5) is 15.4. The van der Waals surface area contributed by atoms with Gasteiger partial charge in [0.15, 0.2) is 0 Å². The largest absolute Gasteiger partial charge is 0.272 e. The highest BCUT2D eigenvalue weighted by atomic mass is 16.2. The van der Waals surface area contributed by atoms with E-state index in [-0.39, 0.29) is 5.91 Å². The summed E-state index contributed by atoms with van der Waals surface area (Å²) in [5.41, 5.74) is 3.94. The number of rotatable bonds is 4. The van der Waals surface area contributed by atoms with Gasteiger partial charge in [-0.2, -0.15) is 5.10 Å². The van der Waals surface area contributed by atoms with Gasteiger partial charge in [-0.3, -0.25) is 9.78 Å². The highest BCUT2D eigenvalue weighted by Crippen LogP contribution is 1.95. The molecule has 4 nitrogen and oxygen atoms in total. The van der Waals surface area contributed by atoms with E-state index in [0.29, 0.717) is 5.56 Å². The Balaban J connectivity index is 2.54. The van der Waals surface area contributed by atoms with Crippen molar-refractivity contribution >= 4 is 11.6 Å². The molecule has 0 aliphatic rings. The molecule has 0 fully saturated rings. The van der Waals surface area contributed by atoms with Crippen LogP contribution in [0.25, 0.3) is 0 Å². The summed E-state index contributed by atoms with van der Waals surface area (Å²) in [6.45, 7) is 3.97. The molecule has 0 radical (unpaired) electrons. The second-order valence-corrected chi connectivity index (χ2v) is 3.28. The standard InChI is InChI=1S/C11H15N3O/c1-3-5-9(2)13-14-11(15)10-6-4-7-12-8-10/h4,6-8H,3,5H2,1-2H3,(H,14,15)/b13-9+. The molecule has 80 valence electrons. The van der Waals surface area contributed by atoms with Crippen molar-refractivity contribution in [1.82, 2.24) is 10.4 Å². The van der Waals surface area contributed by atoms with Gasteiger partial charge < -0.3 is 0 Å². The molecule has 0 aliphatic heterocycles. The summed E-state index contributed by atoms with van der Waals surface area (Å²) in [7, 11) is 0. The van der Waals surface area contributed by atoms with E-state index in [1.54, 1.807) is 18.3 Å². The van der Waals surface area contributed by atoms with Crippen LogP contribution in [0.15, 0.2) is 29.6 Å². The van der Waals surface area contributed by atoms with E-state index in [0.717, 1.165) is 18.6 Å². The predicted octanol–water partition coefficient (Wildman–Crippen LogP) is 1.99. The van der Waals surface area contributed by atoms with E-state index < -0.39 is 0 Å². The molecule has 0 aromatic carbocycles. The molecule has 0 bridgehead atoms. The molecule has 15 heavy (non-hydrogen) atoms. The average molecular weight is 205 g/mol. The number of carbonyl (C=O) groups excluding carboxylic acids is 1. The van der Waals surface area contributed by atoms with E-state index >= 15 is 0 Å². The molecule has 1 heterocycles. The van der Waals surface area contributed by atoms with Crippen molar-refractivity contribution in [2.75, 3.05) is 0 Å². The highest BCUT2D eigenvalue weighted by Gasteiger charge is 2.02. The molecule has 0 saturated heterocycles. The van der Waals surface area contributed by atoms with Crippen molar-refractivity contribution in [3.05, 3.63) is 30.1 Å². The van der Waals surface area contributed by atoms with Crippen LogP contribution < -0.4 is 5.43 Å². The molecular weight excluding hydrogens is 190 g/mol. The molecule has 0 saturated carbocycles. The van der Waals surface area contributed by atoms with Gasteiger partial charge in [-0.25, -0.2) is 5.43 Å². The molecule has 1 aromatic rings. The molecule has 1 N–H and O–H groups in total. The van der Waals surface area contributed by atoms with E-state index in [1.165, 1.54) is 6.20 Å². The lowest BCUT2D eigenvalue weighted by Gasteiger charge is -2.00. The maximum Gasteiger partial charge on any atom is 0.272 e. The van der Waals surface area contributed by atoms with Gasteiger partial charge in [0.1, 0.15) is 0 Å². The van der Waals surface area contributed by atoms with Crippen LogP contribution in [0.5, 0.6) is 0 Å². The molecular formula is C11H15N3O. The number of hydrazone groups is 1. The van der Waals surface area contributed by atoms with Gasteiger partial charge in [-0.15, -0.1) is 0 Å². The number of hydrogen-bond acceptors (Lipinski definition) is 3. The Bertz CT molecular complexity index is 346. The van der Waals surface area contributed by atoms with Crippen LogP contribution in [-0.4, -0.2) is 16.6 Å². The normalized spacial score (nSPS) is 11.2. The van der Waals surface area contributed by atoms with Crippen LogP contribution >= 0.6 is 0 Å². The molecule has 1 rings (SSSR count). The highest BCUT2D eigenvalue weighted by molar-refractivity contribution is 5.94. The number of nitrogens with one attached hydrogen (secondary N) is 1. The summed E-state index contributed by atoms with van der Waals surface area (Å²) in [6.07, 6.45) is 5.06. The lowest BCUT2D eigenvalue weighted by atomic mass is 10.2. The second-order valence-electron chi connectivity index (χ2n) is 3.28. The van der Waals surface area contributed by atoms with E-state index in [4.69, 9.17) is 0 Å². The van der Waals surface area contributed by atoms with Crippen LogP contribution in [0.3, 0.4) is 0 Å². The summed E-state index contributed by atoms with van der Waals surface area (Å²) in [6, 6.07) is 3.42. The Morgan fingerprint density at radius 2 is 2.40 bits per heavy atom. The molecule has 0 atom stereocenters. The fourth-order valence-electron chi connectivity index (χ4n) is 1.13. The molecule has 1 aromatic heterocycles. The Labute approximate surface area is 89.4 Å². The van der Waals surface area contributed by atoms with Crippen LogP contribution in [0, 0.1) is 0 Å². The number of amides is 1. The topological polar surface area (TPSA) is 54.4 Å². The quantitative estimate of drug-likeness (QED) is 0.603. The van der Waals surface area contributed by atoms with Gasteiger partial charge in [0.25, 0.3) is 5.91 Å². The first kappa shape index (κ1) is 11.4. The maximum atomic E-state index is 11.5. The SMILES string of the molecule is CCC/C(C)=N/NC(=O)c1cccnc1. The zero-order valence-electron chi connectivity index (χ0n) is 9.03. The van der Waals surface area contributed by atoms with Crippen molar-refractivity contribution in [3.8, 4) is 0 Å². The summed E-state index contributed by atoms with van der Waals surface area (Å²) < 4.78 is 0. The Hall–Kier alpha value is -1.71. The Morgan fingerprint density at radius 3 is 3.00 bits per heavy atom. The Kier molecular flexibility index (Phi) is 4.47. The van der Waals surface area contributed by atoms with Gasteiger partial charge in [0.2, 0.25) is 0 Å². The summed E-state index contributed by atoms with van der Waals surface area (Å²) >= 11 is 0. The molecule has 4 heteroatoms. The minimum Gasteiger partial charge on any atom is -0.267 e. The van der Waals surface area contributed by atoms with Gasteiger partial charge in [0, 0.05) is 18.1 Å². The molecule has 0 spiro atoms. The monoisotopic (exact) mass is 205 g/mol.